The minimum absolute atomic E-state index is 0.207. The molecule has 0 heterocycles. The number of aryl methyl sites for hydroxylation is 2. The Morgan fingerprint density at radius 2 is 1.72 bits per heavy atom. The summed E-state index contributed by atoms with van der Waals surface area (Å²) < 4.78 is 1.22. The second kappa shape index (κ2) is 6.21. The highest BCUT2D eigenvalue weighted by atomic mass is 79.9. The van der Waals surface area contributed by atoms with Crippen LogP contribution in [0.3, 0.4) is 0 Å². The van der Waals surface area contributed by atoms with Crippen molar-refractivity contribution in [1.82, 2.24) is 0 Å². The number of benzene rings is 1. The van der Waals surface area contributed by atoms with Gasteiger partial charge in [0.05, 0.1) is 0 Å². The summed E-state index contributed by atoms with van der Waals surface area (Å²) in [4.78, 5) is 0. The monoisotopic (exact) mass is 309 g/mol. The minimum Gasteiger partial charge on any atom is -0.324 e. The van der Waals surface area contributed by atoms with Crippen molar-refractivity contribution in [1.29, 1.82) is 0 Å². The minimum atomic E-state index is 0.207. The van der Waals surface area contributed by atoms with Crippen LogP contribution in [-0.4, -0.2) is 0 Å². The molecule has 1 aliphatic carbocycles. The van der Waals surface area contributed by atoms with Crippen LogP contribution >= 0.6 is 15.9 Å². The Morgan fingerprint density at radius 1 is 1.17 bits per heavy atom. The topological polar surface area (TPSA) is 26.0 Å². The number of hydrogen-bond acceptors (Lipinski definition) is 1. The summed E-state index contributed by atoms with van der Waals surface area (Å²) in [5, 5.41) is 0. The van der Waals surface area contributed by atoms with E-state index in [0.717, 1.165) is 12.3 Å². The van der Waals surface area contributed by atoms with Gasteiger partial charge in [-0.2, -0.15) is 0 Å². The fraction of sp³-hybridized carbons (Fsp3) is 0.625. The molecular formula is C16H24BrN. The number of rotatable bonds is 3. The molecule has 1 aliphatic rings. The second-order valence-electron chi connectivity index (χ2n) is 5.81. The molecule has 1 unspecified atom stereocenters. The van der Waals surface area contributed by atoms with Gasteiger partial charge in [0.15, 0.2) is 0 Å². The molecule has 100 valence electrons. The van der Waals surface area contributed by atoms with Crippen molar-refractivity contribution in [3.05, 3.63) is 33.3 Å². The van der Waals surface area contributed by atoms with Gasteiger partial charge < -0.3 is 5.73 Å². The Balaban J connectivity index is 2.06. The molecule has 0 radical (unpaired) electrons. The first-order valence-corrected chi connectivity index (χ1v) is 7.89. The summed E-state index contributed by atoms with van der Waals surface area (Å²) in [6, 6.07) is 4.69. The van der Waals surface area contributed by atoms with E-state index in [9.17, 15) is 0 Å². The highest BCUT2D eigenvalue weighted by Gasteiger charge is 2.18. The second-order valence-corrected chi connectivity index (χ2v) is 6.61. The molecule has 18 heavy (non-hydrogen) atoms. The first kappa shape index (κ1) is 14.1. The van der Waals surface area contributed by atoms with Gasteiger partial charge in [0.2, 0.25) is 0 Å². The van der Waals surface area contributed by atoms with E-state index in [1.165, 1.54) is 53.3 Å². The van der Waals surface area contributed by atoms with E-state index in [2.05, 4.69) is 41.9 Å². The van der Waals surface area contributed by atoms with E-state index in [4.69, 9.17) is 5.73 Å². The Kier molecular flexibility index (Phi) is 4.85. The van der Waals surface area contributed by atoms with E-state index < -0.39 is 0 Å². The summed E-state index contributed by atoms with van der Waals surface area (Å²) in [7, 11) is 0. The maximum absolute atomic E-state index is 6.40. The zero-order valence-electron chi connectivity index (χ0n) is 11.5. The van der Waals surface area contributed by atoms with Gasteiger partial charge >= 0.3 is 0 Å². The predicted molar refractivity (Wildman–Crippen MR) is 81.7 cm³/mol. The molecule has 0 bridgehead atoms. The molecule has 0 aliphatic heterocycles. The zero-order valence-corrected chi connectivity index (χ0v) is 13.1. The van der Waals surface area contributed by atoms with Crippen molar-refractivity contribution in [3.8, 4) is 0 Å². The molecule has 2 rings (SSSR count). The van der Waals surface area contributed by atoms with Gasteiger partial charge in [0.25, 0.3) is 0 Å². The molecule has 1 aromatic rings. The number of hydrogen-bond donors (Lipinski definition) is 1. The van der Waals surface area contributed by atoms with Crippen LogP contribution in [0.4, 0.5) is 0 Å². The van der Waals surface area contributed by atoms with Gasteiger partial charge in [0, 0.05) is 10.5 Å². The summed E-state index contributed by atoms with van der Waals surface area (Å²) in [6.45, 7) is 4.29. The van der Waals surface area contributed by atoms with Crippen molar-refractivity contribution < 1.29 is 0 Å². The van der Waals surface area contributed by atoms with Crippen LogP contribution in [0, 0.1) is 19.8 Å². The van der Waals surface area contributed by atoms with Crippen molar-refractivity contribution in [2.24, 2.45) is 11.7 Å². The lowest BCUT2D eigenvalue weighted by molar-refractivity contribution is 0.319. The summed E-state index contributed by atoms with van der Waals surface area (Å²) in [5.41, 5.74) is 10.3. The summed E-state index contributed by atoms with van der Waals surface area (Å²) in [5.74, 6) is 0.845. The molecule has 2 N–H and O–H groups in total. The van der Waals surface area contributed by atoms with Gasteiger partial charge in [-0.25, -0.2) is 0 Å². The van der Waals surface area contributed by atoms with E-state index in [0.29, 0.717) is 0 Å². The van der Waals surface area contributed by atoms with Crippen LogP contribution in [-0.2, 0) is 0 Å². The quantitative estimate of drug-likeness (QED) is 0.832. The maximum Gasteiger partial charge on any atom is 0.0297 e. The largest absolute Gasteiger partial charge is 0.324 e. The third kappa shape index (κ3) is 3.36. The van der Waals surface area contributed by atoms with Crippen molar-refractivity contribution in [3.63, 3.8) is 0 Å². The van der Waals surface area contributed by atoms with E-state index in [-0.39, 0.29) is 6.04 Å². The molecule has 1 nitrogen and oxygen atoms in total. The number of nitrogens with two attached hydrogens (primary N) is 1. The van der Waals surface area contributed by atoms with E-state index in [1.807, 2.05) is 0 Å². The van der Waals surface area contributed by atoms with Crippen LogP contribution < -0.4 is 5.73 Å². The molecule has 1 aromatic carbocycles. The lowest BCUT2D eigenvalue weighted by Crippen LogP contribution is -2.17. The SMILES string of the molecule is Cc1cc(C(N)CC2CCCCC2)cc(C)c1Br. The average Bonchev–Trinajstić information content (AvgIpc) is 2.36. The van der Waals surface area contributed by atoms with Crippen molar-refractivity contribution >= 4 is 15.9 Å². The first-order valence-electron chi connectivity index (χ1n) is 7.10. The van der Waals surface area contributed by atoms with Gasteiger partial charge in [-0.05, 0) is 42.9 Å². The molecule has 0 spiro atoms. The van der Waals surface area contributed by atoms with Crippen molar-refractivity contribution in [2.45, 2.75) is 58.4 Å². The standard InChI is InChI=1S/C16H24BrN/c1-11-8-14(9-12(2)16(11)17)15(18)10-13-6-4-3-5-7-13/h8-9,13,15H,3-7,10,18H2,1-2H3. The Bertz CT molecular complexity index is 385. The van der Waals surface area contributed by atoms with Crippen LogP contribution in [0.1, 0.15) is 61.3 Å². The average molecular weight is 310 g/mol. The third-order valence-electron chi connectivity index (χ3n) is 4.20. The molecule has 1 atom stereocenters. The number of halogens is 1. The zero-order chi connectivity index (χ0) is 13.1. The van der Waals surface area contributed by atoms with E-state index in [1.54, 1.807) is 0 Å². The van der Waals surface area contributed by atoms with Crippen LogP contribution in [0.25, 0.3) is 0 Å². The highest BCUT2D eigenvalue weighted by Crippen LogP contribution is 2.32. The molecule has 0 saturated heterocycles. The normalized spacial score (nSPS) is 18.9. The Morgan fingerprint density at radius 3 is 2.28 bits per heavy atom. The molecule has 0 aromatic heterocycles. The maximum atomic E-state index is 6.40. The van der Waals surface area contributed by atoms with Crippen LogP contribution in [0.5, 0.6) is 0 Å². The smallest absolute Gasteiger partial charge is 0.0297 e. The first-order chi connectivity index (χ1) is 8.58. The predicted octanol–water partition coefficient (Wildman–Crippen LogP) is 5.04. The molecule has 1 saturated carbocycles. The van der Waals surface area contributed by atoms with Crippen LogP contribution in [0.15, 0.2) is 16.6 Å². The highest BCUT2D eigenvalue weighted by molar-refractivity contribution is 9.10. The van der Waals surface area contributed by atoms with E-state index >= 15 is 0 Å². The summed E-state index contributed by atoms with van der Waals surface area (Å²) >= 11 is 3.62. The molecule has 1 fully saturated rings. The Labute approximate surface area is 119 Å². The van der Waals surface area contributed by atoms with Gasteiger partial charge in [0.1, 0.15) is 0 Å². The Hall–Kier alpha value is -0.340. The molecular weight excluding hydrogens is 286 g/mol. The third-order valence-corrected chi connectivity index (χ3v) is 5.45. The summed E-state index contributed by atoms with van der Waals surface area (Å²) in [6.07, 6.45) is 8.12. The molecule has 2 heteroatoms. The lowest BCUT2D eigenvalue weighted by atomic mass is 9.83. The van der Waals surface area contributed by atoms with Crippen molar-refractivity contribution in [2.75, 3.05) is 0 Å². The van der Waals surface area contributed by atoms with Gasteiger partial charge in [-0.3, -0.25) is 0 Å². The lowest BCUT2D eigenvalue weighted by Gasteiger charge is -2.25. The molecule has 0 amide bonds. The van der Waals surface area contributed by atoms with Crippen LogP contribution in [0.2, 0.25) is 0 Å². The van der Waals surface area contributed by atoms with Gasteiger partial charge in [-0.15, -0.1) is 0 Å². The van der Waals surface area contributed by atoms with Gasteiger partial charge in [-0.1, -0.05) is 60.2 Å². The fourth-order valence-electron chi connectivity index (χ4n) is 3.11. The fourth-order valence-corrected chi connectivity index (χ4v) is 3.34.